The number of hydrogen-bond acceptors (Lipinski definition) is 5. The van der Waals surface area contributed by atoms with Crippen molar-refractivity contribution in [3.63, 3.8) is 0 Å². The third-order valence-corrected chi connectivity index (χ3v) is 5.57. The molecule has 1 heterocycles. The minimum atomic E-state index is -4.05. The molecule has 1 fully saturated rings. The highest BCUT2D eigenvalue weighted by molar-refractivity contribution is 7.89. The van der Waals surface area contributed by atoms with Gasteiger partial charge in [0.15, 0.2) is 0 Å². The largest absolute Gasteiger partial charge is 0.478 e. The van der Waals surface area contributed by atoms with Gasteiger partial charge in [-0.2, -0.15) is 4.31 Å². The summed E-state index contributed by atoms with van der Waals surface area (Å²) in [7, 11) is -4.05. The lowest BCUT2D eigenvalue weighted by Gasteiger charge is -2.18. The molecule has 0 aliphatic carbocycles. The van der Waals surface area contributed by atoms with Crippen molar-refractivity contribution in [2.75, 3.05) is 13.1 Å². The van der Waals surface area contributed by atoms with Crippen molar-refractivity contribution in [3.05, 3.63) is 28.3 Å². The second-order valence-electron chi connectivity index (χ2n) is 4.84. The Kier molecular flexibility index (Phi) is 4.27. The van der Waals surface area contributed by atoms with Gasteiger partial charge in [0.25, 0.3) is 0 Å². The van der Waals surface area contributed by atoms with E-state index in [0.717, 1.165) is 10.4 Å². The smallest absolute Gasteiger partial charge is 0.336 e. The number of carbonyl (C=O) groups is 1. The number of benzene rings is 1. The number of sulfonamides is 1. The zero-order valence-electron chi connectivity index (χ0n) is 11.0. The molecule has 0 unspecified atom stereocenters. The van der Waals surface area contributed by atoms with Gasteiger partial charge in [0.05, 0.1) is 22.7 Å². The maximum absolute atomic E-state index is 12.5. The van der Waals surface area contributed by atoms with Crippen LogP contribution in [0, 0.1) is 6.92 Å². The maximum Gasteiger partial charge on any atom is 0.336 e. The van der Waals surface area contributed by atoms with Gasteiger partial charge >= 0.3 is 5.97 Å². The van der Waals surface area contributed by atoms with E-state index < -0.39 is 28.2 Å². The molecule has 0 radical (unpaired) electrons. The van der Waals surface area contributed by atoms with Gasteiger partial charge in [-0.25, -0.2) is 13.2 Å². The number of halogens is 1. The monoisotopic (exact) mass is 335 g/mol. The minimum Gasteiger partial charge on any atom is -0.478 e. The molecular formula is C12H14ClNO6S. The van der Waals surface area contributed by atoms with Gasteiger partial charge in [0.2, 0.25) is 10.0 Å². The van der Waals surface area contributed by atoms with E-state index in [1.807, 2.05) is 0 Å². The molecule has 9 heteroatoms. The number of carboxylic acids is 1. The third-order valence-electron chi connectivity index (χ3n) is 3.40. The first-order chi connectivity index (χ1) is 9.64. The Morgan fingerprint density at radius 3 is 2.29 bits per heavy atom. The van der Waals surface area contributed by atoms with Crippen molar-refractivity contribution in [2.45, 2.75) is 24.0 Å². The first-order valence-electron chi connectivity index (χ1n) is 6.04. The molecule has 2 atom stereocenters. The van der Waals surface area contributed by atoms with Crippen LogP contribution in [-0.2, 0) is 10.0 Å². The zero-order valence-corrected chi connectivity index (χ0v) is 12.6. The normalized spacial score (nSPS) is 23.4. The molecule has 1 aliphatic heterocycles. The molecule has 1 aliphatic rings. The van der Waals surface area contributed by atoms with Crippen LogP contribution in [0.5, 0.6) is 0 Å². The van der Waals surface area contributed by atoms with Crippen LogP contribution in [0.25, 0.3) is 0 Å². The second-order valence-corrected chi connectivity index (χ2v) is 7.18. The summed E-state index contributed by atoms with van der Waals surface area (Å²) in [5, 5.41) is 28.0. The maximum atomic E-state index is 12.5. The molecular weight excluding hydrogens is 322 g/mol. The van der Waals surface area contributed by atoms with E-state index in [9.17, 15) is 23.4 Å². The number of hydrogen-bond donors (Lipinski definition) is 3. The molecule has 0 spiro atoms. The molecule has 1 aromatic carbocycles. The van der Waals surface area contributed by atoms with Crippen LogP contribution in [-0.4, -0.2) is 59.3 Å². The topological polar surface area (TPSA) is 115 Å². The standard InChI is InChI=1S/C12H14ClNO6S/c1-6-8(12(17)18)2-7(13)3-11(6)21(19,20)14-4-9(15)10(16)5-14/h2-3,9-10,15-16H,4-5H2,1H3,(H,17,18)/t9-,10+. The fraction of sp³-hybridized carbons (Fsp3) is 0.417. The third kappa shape index (κ3) is 2.90. The summed E-state index contributed by atoms with van der Waals surface area (Å²) < 4.78 is 26.0. The molecule has 2 rings (SSSR count). The van der Waals surface area contributed by atoms with Crippen molar-refractivity contribution >= 4 is 27.6 Å². The fourth-order valence-corrected chi connectivity index (χ4v) is 4.25. The van der Waals surface area contributed by atoms with Gasteiger partial charge < -0.3 is 15.3 Å². The van der Waals surface area contributed by atoms with Gasteiger partial charge in [-0.05, 0) is 24.6 Å². The lowest BCUT2D eigenvalue weighted by atomic mass is 10.1. The lowest BCUT2D eigenvalue weighted by Crippen LogP contribution is -2.30. The number of aromatic carboxylic acids is 1. The van der Waals surface area contributed by atoms with E-state index in [1.165, 1.54) is 13.0 Å². The van der Waals surface area contributed by atoms with Crippen LogP contribution in [0.15, 0.2) is 17.0 Å². The molecule has 7 nitrogen and oxygen atoms in total. The first-order valence-corrected chi connectivity index (χ1v) is 7.86. The Bertz CT molecular complexity index is 679. The van der Waals surface area contributed by atoms with Crippen molar-refractivity contribution < 1.29 is 28.5 Å². The van der Waals surface area contributed by atoms with Crippen molar-refractivity contribution in [2.24, 2.45) is 0 Å². The summed E-state index contributed by atoms with van der Waals surface area (Å²) in [5.41, 5.74) is -0.149. The summed E-state index contributed by atoms with van der Waals surface area (Å²) in [6.45, 7) is 0.866. The zero-order chi connectivity index (χ0) is 15.9. The van der Waals surface area contributed by atoms with Crippen molar-refractivity contribution in [1.29, 1.82) is 0 Å². The molecule has 0 amide bonds. The van der Waals surface area contributed by atoms with Gasteiger partial charge in [0.1, 0.15) is 0 Å². The van der Waals surface area contributed by atoms with Gasteiger partial charge in [-0.3, -0.25) is 0 Å². The summed E-state index contributed by atoms with van der Waals surface area (Å²) in [6, 6.07) is 2.33. The van der Waals surface area contributed by atoms with Gasteiger partial charge in [0, 0.05) is 18.1 Å². The van der Waals surface area contributed by atoms with E-state index >= 15 is 0 Å². The van der Waals surface area contributed by atoms with E-state index in [-0.39, 0.29) is 34.1 Å². The van der Waals surface area contributed by atoms with Crippen molar-refractivity contribution in [3.8, 4) is 0 Å². The number of β-amino-alcohol motifs (C(OH)–C–C–N with tert-alkyl or cyclic N) is 2. The predicted octanol–water partition coefficient (Wildman–Crippen LogP) is 0.0727. The minimum absolute atomic E-state index is 0.0168. The lowest BCUT2D eigenvalue weighted by molar-refractivity contribution is 0.0572. The van der Waals surface area contributed by atoms with Crippen LogP contribution in [0.2, 0.25) is 5.02 Å². The Morgan fingerprint density at radius 1 is 1.29 bits per heavy atom. The predicted molar refractivity (Wildman–Crippen MR) is 73.9 cm³/mol. The second kappa shape index (κ2) is 5.54. The van der Waals surface area contributed by atoms with Crippen LogP contribution in [0.4, 0.5) is 0 Å². The molecule has 0 aromatic heterocycles. The first kappa shape index (κ1) is 16.2. The number of aliphatic hydroxyl groups is 2. The Hall–Kier alpha value is -1.19. The molecule has 3 N–H and O–H groups in total. The van der Waals surface area contributed by atoms with Crippen LogP contribution < -0.4 is 0 Å². The summed E-state index contributed by atoms with van der Waals surface area (Å²) in [6.07, 6.45) is -2.34. The number of rotatable bonds is 3. The van der Waals surface area contributed by atoms with E-state index in [2.05, 4.69) is 0 Å². The molecule has 0 bridgehead atoms. The Balaban J connectivity index is 2.53. The molecule has 116 valence electrons. The number of carboxylic acid groups (broad SMARTS) is 1. The van der Waals surface area contributed by atoms with E-state index in [0.29, 0.717) is 0 Å². The van der Waals surface area contributed by atoms with Crippen molar-refractivity contribution in [1.82, 2.24) is 4.31 Å². The SMILES string of the molecule is Cc1c(C(=O)O)cc(Cl)cc1S(=O)(=O)N1C[C@@H](O)[C@@H](O)C1. The molecule has 21 heavy (non-hydrogen) atoms. The Labute approximate surface area is 126 Å². The fourth-order valence-electron chi connectivity index (χ4n) is 2.21. The van der Waals surface area contributed by atoms with E-state index in [4.69, 9.17) is 16.7 Å². The van der Waals surface area contributed by atoms with Crippen LogP contribution in [0.3, 0.4) is 0 Å². The summed E-state index contributed by atoms with van der Waals surface area (Å²) in [4.78, 5) is 10.9. The summed E-state index contributed by atoms with van der Waals surface area (Å²) >= 11 is 5.79. The van der Waals surface area contributed by atoms with Crippen LogP contribution >= 0.6 is 11.6 Å². The molecule has 0 saturated carbocycles. The Morgan fingerprint density at radius 2 is 1.81 bits per heavy atom. The average Bonchev–Trinajstić information content (AvgIpc) is 2.72. The quantitative estimate of drug-likeness (QED) is 0.720. The average molecular weight is 336 g/mol. The van der Waals surface area contributed by atoms with E-state index in [1.54, 1.807) is 0 Å². The highest BCUT2D eigenvalue weighted by Gasteiger charge is 2.38. The molecule has 1 aromatic rings. The van der Waals surface area contributed by atoms with Crippen LogP contribution in [0.1, 0.15) is 15.9 Å². The van der Waals surface area contributed by atoms with Gasteiger partial charge in [-0.15, -0.1) is 0 Å². The number of nitrogens with zero attached hydrogens (tertiary/aromatic N) is 1. The number of aliphatic hydroxyl groups excluding tert-OH is 2. The molecule has 1 saturated heterocycles. The highest BCUT2D eigenvalue weighted by Crippen LogP contribution is 2.29. The summed E-state index contributed by atoms with van der Waals surface area (Å²) in [5.74, 6) is -1.28. The van der Waals surface area contributed by atoms with Gasteiger partial charge in [-0.1, -0.05) is 11.6 Å². The highest BCUT2D eigenvalue weighted by atomic mass is 35.5.